The van der Waals surface area contributed by atoms with Crippen LogP contribution in [-0.2, 0) is 11.3 Å². The Labute approximate surface area is 172 Å². The average molecular weight is 447 g/mol. The van der Waals surface area contributed by atoms with E-state index in [0.29, 0.717) is 0 Å². The molecule has 6 nitrogen and oxygen atoms in total. The first-order valence-electron chi connectivity index (χ1n) is 7.62. The lowest BCUT2D eigenvalue weighted by Gasteiger charge is -2.18. The summed E-state index contributed by atoms with van der Waals surface area (Å²) in [4.78, 5) is 13.3. The van der Waals surface area contributed by atoms with E-state index in [0.717, 1.165) is 18.0 Å². The van der Waals surface area contributed by atoms with Crippen LogP contribution in [0.25, 0.3) is 5.76 Å². The molecule has 2 aromatic rings. The third-order valence-corrected chi connectivity index (χ3v) is 4.41. The molecule has 0 radical (unpaired) electrons. The maximum absolute atomic E-state index is 14.2. The van der Waals surface area contributed by atoms with Crippen molar-refractivity contribution in [2.45, 2.75) is 6.54 Å². The number of carbonyl (C=O) groups excluding carboxylic acids is 1. The monoisotopic (exact) mass is 446 g/mol. The molecule has 0 aliphatic heterocycles. The van der Waals surface area contributed by atoms with Crippen molar-refractivity contribution in [1.29, 1.82) is 5.26 Å². The minimum absolute atomic E-state index is 0.0205. The molecular formula is C18H11Cl2F3N2O4. The lowest BCUT2D eigenvalue weighted by molar-refractivity contribution is -0.126. The standard InChI is InChI=1S/C18H11Cl2F3N2O4/c1-25(6-7-4-8(19)2-3-10(7)21)18(29)9(5-24)15(26)11-13(22)12(20)16(27)17(28)14(11)23/h2-4,26-28H,6H2,1H3/b15-9-. The fourth-order valence-corrected chi connectivity index (χ4v) is 2.73. The number of carbonyl (C=O) groups is 1. The summed E-state index contributed by atoms with van der Waals surface area (Å²) >= 11 is 11.2. The first-order chi connectivity index (χ1) is 13.5. The number of halogens is 5. The second kappa shape index (κ2) is 8.51. The second-order valence-corrected chi connectivity index (χ2v) is 6.56. The Morgan fingerprint density at radius 3 is 2.38 bits per heavy atom. The first-order valence-corrected chi connectivity index (χ1v) is 8.38. The topological polar surface area (TPSA) is 105 Å². The Kier molecular flexibility index (Phi) is 6.51. The van der Waals surface area contributed by atoms with Gasteiger partial charge in [-0.15, -0.1) is 0 Å². The Morgan fingerprint density at radius 1 is 1.17 bits per heavy atom. The van der Waals surface area contributed by atoms with Crippen LogP contribution < -0.4 is 0 Å². The molecule has 2 rings (SSSR count). The third kappa shape index (κ3) is 4.18. The molecule has 2 aromatic carbocycles. The Hall–Kier alpha value is -3.09. The molecular weight excluding hydrogens is 436 g/mol. The van der Waals surface area contributed by atoms with Crippen LogP contribution in [0, 0.1) is 28.8 Å². The molecule has 0 spiro atoms. The van der Waals surface area contributed by atoms with Crippen molar-refractivity contribution >= 4 is 34.9 Å². The number of likely N-dealkylation sites (N-methyl/N-ethyl adjacent to an activating group) is 1. The molecule has 0 unspecified atom stereocenters. The van der Waals surface area contributed by atoms with Crippen molar-refractivity contribution in [3.8, 4) is 17.6 Å². The summed E-state index contributed by atoms with van der Waals surface area (Å²) < 4.78 is 42.2. The molecule has 152 valence electrons. The summed E-state index contributed by atoms with van der Waals surface area (Å²) in [6, 6.07) is 4.86. The van der Waals surface area contributed by atoms with E-state index in [1.807, 2.05) is 0 Å². The van der Waals surface area contributed by atoms with Crippen LogP contribution in [0.1, 0.15) is 11.1 Å². The summed E-state index contributed by atoms with van der Waals surface area (Å²) in [7, 11) is 1.14. The summed E-state index contributed by atoms with van der Waals surface area (Å²) in [5.74, 6) is -9.75. The number of rotatable bonds is 4. The van der Waals surface area contributed by atoms with Crippen molar-refractivity contribution < 1.29 is 33.3 Å². The van der Waals surface area contributed by atoms with Gasteiger partial charge in [-0.05, 0) is 18.2 Å². The molecule has 29 heavy (non-hydrogen) atoms. The maximum Gasteiger partial charge on any atom is 0.268 e. The zero-order valence-corrected chi connectivity index (χ0v) is 16.0. The zero-order chi connectivity index (χ0) is 22.0. The van der Waals surface area contributed by atoms with E-state index in [9.17, 15) is 38.5 Å². The Bertz CT molecular complexity index is 1050. The number of nitrogens with zero attached hydrogens (tertiary/aromatic N) is 2. The minimum atomic E-state index is -1.84. The molecule has 0 atom stereocenters. The highest BCUT2D eigenvalue weighted by molar-refractivity contribution is 6.32. The fraction of sp³-hybridized carbons (Fsp3) is 0.111. The normalized spacial score (nSPS) is 11.6. The van der Waals surface area contributed by atoms with Gasteiger partial charge >= 0.3 is 0 Å². The van der Waals surface area contributed by atoms with E-state index in [4.69, 9.17) is 23.2 Å². The molecule has 3 N–H and O–H groups in total. The molecule has 0 aromatic heterocycles. The van der Waals surface area contributed by atoms with E-state index >= 15 is 0 Å². The van der Waals surface area contributed by atoms with Gasteiger partial charge in [-0.25, -0.2) is 13.2 Å². The number of phenols is 2. The number of hydrogen-bond donors (Lipinski definition) is 3. The van der Waals surface area contributed by atoms with Gasteiger partial charge in [-0.1, -0.05) is 23.2 Å². The molecule has 0 heterocycles. The number of nitriles is 1. The Morgan fingerprint density at radius 2 is 1.79 bits per heavy atom. The van der Waals surface area contributed by atoms with Gasteiger partial charge in [0.15, 0.2) is 34.5 Å². The summed E-state index contributed by atoms with van der Waals surface area (Å²) in [5, 5.41) is 37.2. The van der Waals surface area contributed by atoms with Crippen molar-refractivity contribution in [2.75, 3.05) is 7.05 Å². The zero-order valence-electron chi connectivity index (χ0n) is 14.5. The van der Waals surface area contributed by atoms with Gasteiger partial charge in [0.2, 0.25) is 0 Å². The summed E-state index contributed by atoms with van der Waals surface area (Å²) in [6.45, 7) is -0.393. The number of phenolic OH excluding ortho intramolecular Hbond substituents is 2. The molecule has 11 heteroatoms. The lowest BCUT2D eigenvalue weighted by atomic mass is 10.1. The van der Waals surface area contributed by atoms with E-state index in [-0.39, 0.29) is 10.6 Å². The number of aliphatic hydroxyl groups is 1. The van der Waals surface area contributed by atoms with E-state index < -0.39 is 63.3 Å². The highest BCUT2D eigenvalue weighted by Gasteiger charge is 2.30. The second-order valence-electron chi connectivity index (χ2n) is 5.75. The van der Waals surface area contributed by atoms with Crippen LogP contribution >= 0.6 is 23.2 Å². The van der Waals surface area contributed by atoms with Crippen LogP contribution in [0.4, 0.5) is 13.2 Å². The SMILES string of the molecule is CN(Cc1cc(Cl)ccc1F)C(=O)/C(C#N)=C(\O)c1c(F)c(O)c(O)c(Cl)c1F. The van der Waals surface area contributed by atoms with Crippen molar-refractivity contribution in [3.05, 3.63) is 62.4 Å². The lowest BCUT2D eigenvalue weighted by Crippen LogP contribution is -2.28. The smallest absolute Gasteiger partial charge is 0.268 e. The van der Waals surface area contributed by atoms with Gasteiger partial charge in [-0.2, -0.15) is 5.26 Å². The summed E-state index contributed by atoms with van der Waals surface area (Å²) in [5.41, 5.74) is -2.53. The van der Waals surface area contributed by atoms with Crippen molar-refractivity contribution in [1.82, 2.24) is 4.90 Å². The highest BCUT2D eigenvalue weighted by atomic mass is 35.5. The van der Waals surface area contributed by atoms with E-state index in [2.05, 4.69) is 0 Å². The fourth-order valence-electron chi connectivity index (χ4n) is 2.35. The minimum Gasteiger partial charge on any atom is -0.505 e. The molecule has 0 fully saturated rings. The van der Waals surface area contributed by atoms with E-state index in [1.165, 1.54) is 18.2 Å². The van der Waals surface area contributed by atoms with Gasteiger partial charge < -0.3 is 20.2 Å². The molecule has 1 amide bonds. The van der Waals surface area contributed by atoms with Gasteiger partial charge in [-0.3, -0.25) is 4.79 Å². The molecule has 0 bridgehead atoms. The summed E-state index contributed by atoms with van der Waals surface area (Å²) in [6.07, 6.45) is 0. The number of hydrogen-bond acceptors (Lipinski definition) is 5. The molecule has 0 saturated carbocycles. The molecule has 0 aliphatic rings. The van der Waals surface area contributed by atoms with Crippen LogP contribution in [-0.4, -0.2) is 33.2 Å². The van der Waals surface area contributed by atoms with Crippen LogP contribution in [0.5, 0.6) is 11.5 Å². The van der Waals surface area contributed by atoms with Gasteiger partial charge in [0.05, 0.1) is 5.56 Å². The van der Waals surface area contributed by atoms with Crippen LogP contribution in [0.2, 0.25) is 10.0 Å². The quantitative estimate of drug-likeness (QED) is 0.214. The van der Waals surface area contributed by atoms with E-state index in [1.54, 1.807) is 0 Å². The average Bonchev–Trinajstić information content (AvgIpc) is 2.68. The predicted molar refractivity (Wildman–Crippen MR) is 97.7 cm³/mol. The largest absolute Gasteiger partial charge is 0.505 e. The first kappa shape index (κ1) is 22.2. The van der Waals surface area contributed by atoms with Crippen LogP contribution in [0.15, 0.2) is 23.8 Å². The number of aromatic hydroxyl groups is 2. The van der Waals surface area contributed by atoms with Gasteiger partial charge in [0.1, 0.15) is 16.9 Å². The van der Waals surface area contributed by atoms with Crippen molar-refractivity contribution in [3.63, 3.8) is 0 Å². The van der Waals surface area contributed by atoms with Crippen LogP contribution in [0.3, 0.4) is 0 Å². The number of amides is 1. The highest BCUT2D eigenvalue weighted by Crippen LogP contribution is 2.42. The molecule has 0 saturated heterocycles. The number of benzene rings is 2. The Balaban J connectivity index is 2.52. The van der Waals surface area contributed by atoms with Gasteiger partial charge in [0, 0.05) is 24.2 Å². The maximum atomic E-state index is 14.2. The number of aliphatic hydroxyl groups excluding tert-OH is 1. The predicted octanol–water partition coefficient (Wildman–Crippen LogP) is 4.27. The van der Waals surface area contributed by atoms with Crippen molar-refractivity contribution in [2.24, 2.45) is 0 Å². The molecule has 0 aliphatic carbocycles. The third-order valence-electron chi connectivity index (χ3n) is 3.83. The van der Waals surface area contributed by atoms with Gasteiger partial charge in [0.25, 0.3) is 5.91 Å².